The number of amides is 2. The van der Waals surface area contributed by atoms with Crippen LogP contribution < -0.4 is 4.90 Å². The van der Waals surface area contributed by atoms with Crippen LogP contribution in [0.2, 0.25) is 5.02 Å². The van der Waals surface area contributed by atoms with Crippen LogP contribution >= 0.6 is 11.6 Å². The first-order chi connectivity index (χ1) is 9.02. The van der Waals surface area contributed by atoms with Gasteiger partial charge in [0.05, 0.1) is 5.92 Å². The van der Waals surface area contributed by atoms with E-state index in [-0.39, 0.29) is 24.2 Å². The minimum absolute atomic E-state index is 0.0230. The first-order valence-electron chi connectivity index (χ1n) is 6.33. The van der Waals surface area contributed by atoms with Gasteiger partial charge in [0.15, 0.2) is 0 Å². The van der Waals surface area contributed by atoms with Crippen molar-refractivity contribution in [1.29, 1.82) is 0 Å². The average Bonchev–Trinajstić information content (AvgIpc) is 2.79. The van der Waals surface area contributed by atoms with Crippen LogP contribution in [0.3, 0.4) is 0 Å². The maximum Gasteiger partial charge on any atom is 0.227 e. The van der Waals surface area contributed by atoms with Crippen LogP contribution in [0.15, 0.2) is 24.3 Å². The summed E-state index contributed by atoms with van der Waals surface area (Å²) in [5.41, 5.74) is 0.756. The summed E-state index contributed by atoms with van der Waals surface area (Å²) in [6, 6.07) is 7.15. The Hall–Kier alpha value is -1.55. The molecule has 5 heteroatoms. The van der Waals surface area contributed by atoms with Crippen molar-refractivity contribution in [2.24, 2.45) is 5.92 Å². The standard InChI is InChI=1S/C14H17ClN2O2/c1-3-16(2)14(19)10-7-13(18)17(9-10)12-6-4-5-11(15)8-12/h4-6,8,10H,3,7,9H2,1-2H3. The van der Waals surface area contributed by atoms with E-state index in [4.69, 9.17) is 11.6 Å². The summed E-state index contributed by atoms with van der Waals surface area (Å²) in [6.45, 7) is 3.01. The number of anilines is 1. The van der Waals surface area contributed by atoms with Gasteiger partial charge in [-0.1, -0.05) is 17.7 Å². The van der Waals surface area contributed by atoms with Crippen molar-refractivity contribution in [3.05, 3.63) is 29.3 Å². The van der Waals surface area contributed by atoms with Gasteiger partial charge in [0, 0.05) is 37.3 Å². The van der Waals surface area contributed by atoms with Gasteiger partial charge in [-0.25, -0.2) is 0 Å². The van der Waals surface area contributed by atoms with Crippen molar-refractivity contribution in [2.45, 2.75) is 13.3 Å². The third kappa shape index (κ3) is 2.89. The van der Waals surface area contributed by atoms with E-state index >= 15 is 0 Å². The lowest BCUT2D eigenvalue weighted by molar-refractivity contribution is -0.134. The Bertz CT molecular complexity index is 504. The van der Waals surface area contributed by atoms with Gasteiger partial charge < -0.3 is 9.80 Å². The Labute approximate surface area is 117 Å². The Morgan fingerprint density at radius 1 is 1.53 bits per heavy atom. The van der Waals surface area contributed by atoms with Crippen molar-refractivity contribution < 1.29 is 9.59 Å². The van der Waals surface area contributed by atoms with Gasteiger partial charge in [0.1, 0.15) is 0 Å². The highest BCUT2D eigenvalue weighted by molar-refractivity contribution is 6.30. The molecule has 0 aliphatic carbocycles. The van der Waals surface area contributed by atoms with Crippen LogP contribution in [0.4, 0.5) is 5.69 Å². The van der Waals surface area contributed by atoms with Crippen LogP contribution in [0.5, 0.6) is 0 Å². The molecule has 0 saturated carbocycles. The third-order valence-electron chi connectivity index (χ3n) is 3.44. The molecule has 19 heavy (non-hydrogen) atoms. The van der Waals surface area contributed by atoms with Crippen LogP contribution in [0, 0.1) is 5.92 Å². The molecule has 1 aromatic rings. The van der Waals surface area contributed by atoms with Crippen molar-refractivity contribution >= 4 is 29.1 Å². The summed E-state index contributed by atoms with van der Waals surface area (Å²) in [6.07, 6.45) is 0.273. The summed E-state index contributed by atoms with van der Waals surface area (Å²) in [5, 5.41) is 0.589. The lowest BCUT2D eigenvalue weighted by atomic mass is 10.1. The molecule has 1 aromatic carbocycles. The second-order valence-corrected chi connectivity index (χ2v) is 5.17. The predicted octanol–water partition coefficient (Wildman–Crippen LogP) is 2.17. The summed E-state index contributed by atoms with van der Waals surface area (Å²) in [5.74, 6) is -0.248. The number of halogens is 1. The smallest absolute Gasteiger partial charge is 0.227 e. The zero-order chi connectivity index (χ0) is 14.0. The van der Waals surface area contributed by atoms with E-state index in [9.17, 15) is 9.59 Å². The van der Waals surface area contributed by atoms with Crippen molar-refractivity contribution in [3.63, 3.8) is 0 Å². The molecule has 0 N–H and O–H groups in total. The second kappa shape index (κ2) is 5.61. The van der Waals surface area contributed by atoms with Gasteiger partial charge in [0.25, 0.3) is 0 Å². The van der Waals surface area contributed by atoms with Gasteiger partial charge in [-0.3, -0.25) is 9.59 Å². The molecule has 0 aromatic heterocycles. The van der Waals surface area contributed by atoms with Crippen LogP contribution in [0.25, 0.3) is 0 Å². The molecule has 1 aliphatic heterocycles. The minimum Gasteiger partial charge on any atom is -0.346 e. The molecule has 102 valence electrons. The fourth-order valence-corrected chi connectivity index (χ4v) is 2.42. The van der Waals surface area contributed by atoms with E-state index < -0.39 is 0 Å². The third-order valence-corrected chi connectivity index (χ3v) is 3.68. The van der Waals surface area contributed by atoms with Crippen molar-refractivity contribution in [1.82, 2.24) is 4.90 Å². The highest BCUT2D eigenvalue weighted by Gasteiger charge is 2.36. The molecule has 0 bridgehead atoms. The number of hydrogen-bond donors (Lipinski definition) is 0. The Morgan fingerprint density at radius 3 is 2.89 bits per heavy atom. The molecule has 2 amide bonds. The average molecular weight is 281 g/mol. The molecule has 1 aliphatic rings. The summed E-state index contributed by atoms with van der Waals surface area (Å²) in [4.78, 5) is 27.4. The number of carbonyl (C=O) groups is 2. The number of hydrogen-bond acceptors (Lipinski definition) is 2. The molecule has 1 unspecified atom stereocenters. The summed E-state index contributed by atoms with van der Waals surface area (Å²) >= 11 is 5.93. The van der Waals surface area contributed by atoms with Gasteiger partial charge in [-0.05, 0) is 25.1 Å². The van der Waals surface area contributed by atoms with Gasteiger partial charge >= 0.3 is 0 Å². The highest BCUT2D eigenvalue weighted by Crippen LogP contribution is 2.27. The Morgan fingerprint density at radius 2 is 2.26 bits per heavy atom. The Kier molecular flexibility index (Phi) is 4.10. The molecule has 1 atom stereocenters. The van der Waals surface area contributed by atoms with E-state index in [0.29, 0.717) is 18.1 Å². The minimum atomic E-state index is -0.253. The SMILES string of the molecule is CCN(C)C(=O)C1CC(=O)N(c2cccc(Cl)c2)C1. The molecular formula is C14H17ClN2O2. The number of rotatable bonds is 3. The van der Waals surface area contributed by atoms with E-state index in [1.807, 2.05) is 13.0 Å². The first kappa shape index (κ1) is 13.9. The quantitative estimate of drug-likeness (QED) is 0.851. The van der Waals surface area contributed by atoms with Gasteiger partial charge in [-0.15, -0.1) is 0 Å². The van der Waals surface area contributed by atoms with E-state index in [0.717, 1.165) is 5.69 Å². The predicted molar refractivity (Wildman–Crippen MR) is 75.2 cm³/mol. The number of nitrogens with zero attached hydrogens (tertiary/aromatic N) is 2. The van der Waals surface area contributed by atoms with E-state index in [1.165, 1.54) is 0 Å². The molecule has 2 rings (SSSR count). The maximum absolute atomic E-state index is 12.1. The lowest BCUT2D eigenvalue weighted by Crippen LogP contribution is -2.34. The number of carbonyl (C=O) groups excluding carboxylic acids is 2. The summed E-state index contributed by atoms with van der Waals surface area (Å²) < 4.78 is 0. The fraction of sp³-hybridized carbons (Fsp3) is 0.429. The largest absolute Gasteiger partial charge is 0.346 e. The van der Waals surface area contributed by atoms with Crippen molar-refractivity contribution in [3.8, 4) is 0 Å². The number of benzene rings is 1. The molecule has 1 saturated heterocycles. The molecule has 4 nitrogen and oxygen atoms in total. The van der Waals surface area contributed by atoms with Crippen LogP contribution in [-0.2, 0) is 9.59 Å². The maximum atomic E-state index is 12.1. The van der Waals surface area contributed by atoms with E-state index in [2.05, 4.69) is 0 Å². The Balaban J connectivity index is 2.14. The second-order valence-electron chi connectivity index (χ2n) is 4.74. The molecule has 1 fully saturated rings. The summed E-state index contributed by atoms with van der Waals surface area (Å²) in [7, 11) is 1.76. The molecular weight excluding hydrogens is 264 g/mol. The lowest BCUT2D eigenvalue weighted by Gasteiger charge is -2.20. The van der Waals surface area contributed by atoms with E-state index in [1.54, 1.807) is 35.0 Å². The fourth-order valence-electron chi connectivity index (χ4n) is 2.23. The molecule has 0 spiro atoms. The first-order valence-corrected chi connectivity index (χ1v) is 6.71. The van der Waals surface area contributed by atoms with Crippen LogP contribution in [-0.4, -0.2) is 36.9 Å². The van der Waals surface area contributed by atoms with Gasteiger partial charge in [-0.2, -0.15) is 0 Å². The topological polar surface area (TPSA) is 40.6 Å². The normalized spacial score (nSPS) is 18.8. The molecule has 0 radical (unpaired) electrons. The van der Waals surface area contributed by atoms with Gasteiger partial charge in [0.2, 0.25) is 11.8 Å². The van der Waals surface area contributed by atoms with Crippen LogP contribution in [0.1, 0.15) is 13.3 Å². The zero-order valence-corrected chi connectivity index (χ0v) is 11.9. The molecule has 1 heterocycles. The monoisotopic (exact) mass is 280 g/mol. The zero-order valence-electron chi connectivity index (χ0n) is 11.1. The van der Waals surface area contributed by atoms with Crippen molar-refractivity contribution in [2.75, 3.05) is 25.0 Å². The highest BCUT2D eigenvalue weighted by atomic mass is 35.5.